The monoisotopic (exact) mass is 469 g/mol. The van der Waals surface area contributed by atoms with E-state index < -0.39 is 27.0 Å². The van der Waals surface area contributed by atoms with Gasteiger partial charge in [0, 0.05) is 24.5 Å². The van der Waals surface area contributed by atoms with Crippen LogP contribution in [0.15, 0.2) is 59.8 Å². The Kier molecular flexibility index (Phi) is 6.84. The van der Waals surface area contributed by atoms with Crippen molar-refractivity contribution in [3.63, 3.8) is 0 Å². The first-order valence-electron chi connectivity index (χ1n) is 9.23. The summed E-state index contributed by atoms with van der Waals surface area (Å²) in [5.74, 6) is -0.784. The zero-order chi connectivity index (χ0) is 23.4. The second-order valence-electron chi connectivity index (χ2n) is 6.50. The molecule has 0 bridgehead atoms. The van der Waals surface area contributed by atoms with E-state index in [1.54, 1.807) is 18.3 Å². The molecule has 1 aliphatic rings. The van der Waals surface area contributed by atoms with Crippen LogP contribution in [0, 0.1) is 0 Å². The van der Waals surface area contributed by atoms with Crippen molar-refractivity contribution in [3.05, 3.63) is 60.4 Å². The van der Waals surface area contributed by atoms with Crippen LogP contribution in [0.1, 0.15) is 12.0 Å². The van der Waals surface area contributed by atoms with Gasteiger partial charge in [-0.25, -0.2) is 12.4 Å². The number of rotatable bonds is 4. The normalized spacial score (nSPS) is 14.3. The molecule has 170 valence electrons. The summed E-state index contributed by atoms with van der Waals surface area (Å²) in [5, 5.41) is 10.1. The number of halogens is 3. The molecule has 0 amide bonds. The first-order chi connectivity index (χ1) is 15.2. The highest BCUT2D eigenvalue weighted by molar-refractivity contribution is 7.90. The Labute approximate surface area is 181 Å². The van der Waals surface area contributed by atoms with Gasteiger partial charge in [-0.05, 0) is 42.8 Å². The summed E-state index contributed by atoms with van der Waals surface area (Å²) in [4.78, 5) is 12.1. The molecular weight excluding hydrogens is 451 g/mol. The van der Waals surface area contributed by atoms with Crippen LogP contribution in [0.2, 0.25) is 0 Å². The van der Waals surface area contributed by atoms with Gasteiger partial charge in [-0.15, -0.1) is 13.2 Å². The van der Waals surface area contributed by atoms with Crippen LogP contribution in [-0.4, -0.2) is 48.4 Å². The topological polar surface area (TPSA) is 111 Å². The highest BCUT2D eigenvalue weighted by Crippen LogP contribution is 2.35. The number of hydrogen-bond acceptors (Lipinski definition) is 6. The van der Waals surface area contributed by atoms with Gasteiger partial charge < -0.3 is 15.2 Å². The van der Waals surface area contributed by atoms with Crippen LogP contribution >= 0.6 is 0 Å². The molecule has 3 aromatic rings. The number of benzene rings is 1. The van der Waals surface area contributed by atoms with Crippen LogP contribution in [0.5, 0.6) is 5.75 Å². The Morgan fingerprint density at radius 1 is 1.19 bits per heavy atom. The minimum atomic E-state index is -5.02. The largest absolute Gasteiger partial charge is 0.573 e. The third-order valence-corrected chi connectivity index (χ3v) is 6.26. The minimum Gasteiger partial charge on any atom is -0.483 e. The quantitative estimate of drug-likeness (QED) is 0.565. The molecule has 1 aliphatic heterocycles. The molecule has 0 radical (unpaired) electrons. The zero-order valence-corrected chi connectivity index (χ0v) is 17.2. The van der Waals surface area contributed by atoms with Crippen LogP contribution in [0.3, 0.4) is 0 Å². The molecule has 1 aromatic carbocycles. The average molecular weight is 469 g/mol. The van der Waals surface area contributed by atoms with Crippen LogP contribution in [-0.2, 0) is 14.8 Å². The van der Waals surface area contributed by atoms with Crippen LogP contribution in [0.25, 0.3) is 16.6 Å². The van der Waals surface area contributed by atoms with Crippen LogP contribution in [0.4, 0.5) is 13.2 Å². The molecule has 0 atom stereocenters. The van der Waals surface area contributed by atoms with E-state index in [0.717, 1.165) is 28.2 Å². The van der Waals surface area contributed by atoms with Gasteiger partial charge in [0.1, 0.15) is 10.6 Å². The number of fused-ring (bicyclic) bond motifs is 1. The van der Waals surface area contributed by atoms with E-state index in [4.69, 9.17) is 9.90 Å². The number of ether oxygens (including phenoxy) is 1. The number of alkyl halides is 3. The van der Waals surface area contributed by atoms with Crippen molar-refractivity contribution < 1.29 is 36.2 Å². The van der Waals surface area contributed by atoms with Gasteiger partial charge in [-0.3, -0.25) is 9.78 Å². The fourth-order valence-electron chi connectivity index (χ4n) is 3.31. The second-order valence-corrected chi connectivity index (χ2v) is 8.28. The summed E-state index contributed by atoms with van der Waals surface area (Å²) in [7, 11) is -4.38. The van der Waals surface area contributed by atoms with Gasteiger partial charge in [0.15, 0.2) is 0 Å². The number of para-hydroxylation sites is 1. The third-order valence-electron chi connectivity index (χ3n) is 4.55. The Morgan fingerprint density at radius 2 is 1.91 bits per heavy atom. The van der Waals surface area contributed by atoms with Gasteiger partial charge in [-0.2, -0.15) is 0 Å². The lowest BCUT2D eigenvalue weighted by molar-refractivity contribution is -0.275. The fourth-order valence-corrected chi connectivity index (χ4v) is 4.79. The predicted octanol–water partition coefficient (Wildman–Crippen LogP) is 3.25. The van der Waals surface area contributed by atoms with E-state index in [9.17, 15) is 21.6 Å². The lowest BCUT2D eigenvalue weighted by Crippen LogP contribution is -2.20. The summed E-state index contributed by atoms with van der Waals surface area (Å²) in [6.07, 6.45) is 0.574. The Balaban J connectivity index is 0.000000913. The van der Waals surface area contributed by atoms with Crippen LogP contribution < -0.4 is 10.1 Å². The maximum absolute atomic E-state index is 13.3. The molecule has 2 aromatic heterocycles. The van der Waals surface area contributed by atoms with E-state index >= 15 is 0 Å². The molecule has 2 N–H and O–H groups in total. The van der Waals surface area contributed by atoms with Gasteiger partial charge >= 0.3 is 6.36 Å². The molecule has 0 unspecified atom stereocenters. The SMILES string of the molecule is O=CO.O=S(=O)(c1ccccc1OC(F)(F)F)n1cc(C2=CCNCC2)c2ncccc21. The fraction of sp³-hybridized carbons (Fsp3) is 0.200. The summed E-state index contributed by atoms with van der Waals surface area (Å²) in [6, 6.07) is 7.82. The van der Waals surface area contributed by atoms with E-state index in [-0.39, 0.29) is 12.0 Å². The molecule has 8 nitrogen and oxygen atoms in total. The predicted molar refractivity (Wildman–Crippen MR) is 110 cm³/mol. The molecule has 0 aliphatic carbocycles. The number of pyridine rings is 1. The van der Waals surface area contributed by atoms with E-state index in [1.165, 1.54) is 18.3 Å². The maximum Gasteiger partial charge on any atom is 0.573 e. The summed E-state index contributed by atoms with van der Waals surface area (Å²) < 4.78 is 69.8. The van der Waals surface area contributed by atoms with Crippen molar-refractivity contribution in [2.24, 2.45) is 0 Å². The van der Waals surface area contributed by atoms with E-state index in [1.807, 2.05) is 6.08 Å². The first-order valence-corrected chi connectivity index (χ1v) is 10.7. The Morgan fingerprint density at radius 3 is 2.56 bits per heavy atom. The average Bonchev–Trinajstić information content (AvgIpc) is 3.15. The van der Waals surface area contributed by atoms with Crippen molar-refractivity contribution >= 4 is 33.1 Å². The van der Waals surface area contributed by atoms with Gasteiger partial charge in [0.05, 0.1) is 11.0 Å². The second kappa shape index (κ2) is 9.40. The van der Waals surface area contributed by atoms with Crippen molar-refractivity contribution in [3.8, 4) is 5.75 Å². The summed E-state index contributed by atoms with van der Waals surface area (Å²) in [5.41, 5.74) is 2.32. The van der Waals surface area contributed by atoms with E-state index in [2.05, 4.69) is 15.0 Å². The number of aromatic nitrogens is 2. The Hall–Kier alpha value is -3.38. The lowest BCUT2D eigenvalue weighted by atomic mass is 10.0. The molecule has 0 saturated heterocycles. The molecule has 12 heteroatoms. The van der Waals surface area contributed by atoms with Gasteiger partial charge in [0.2, 0.25) is 0 Å². The molecule has 0 fully saturated rings. The highest BCUT2D eigenvalue weighted by Gasteiger charge is 2.35. The van der Waals surface area contributed by atoms with Crippen molar-refractivity contribution in [2.45, 2.75) is 17.7 Å². The summed E-state index contributed by atoms with van der Waals surface area (Å²) in [6.45, 7) is 1.13. The van der Waals surface area contributed by atoms with Gasteiger partial charge in [-0.1, -0.05) is 18.2 Å². The molecule has 0 saturated carbocycles. The molecule has 3 heterocycles. The van der Waals surface area contributed by atoms with Crippen molar-refractivity contribution in [1.82, 2.24) is 14.3 Å². The van der Waals surface area contributed by atoms with Gasteiger partial charge in [0.25, 0.3) is 16.5 Å². The lowest BCUT2D eigenvalue weighted by Gasteiger charge is -2.14. The van der Waals surface area contributed by atoms with E-state index in [0.29, 0.717) is 24.0 Å². The number of nitrogens with zero attached hydrogens (tertiary/aromatic N) is 2. The summed E-state index contributed by atoms with van der Waals surface area (Å²) >= 11 is 0. The van der Waals surface area contributed by atoms with Crippen molar-refractivity contribution in [1.29, 1.82) is 0 Å². The van der Waals surface area contributed by atoms with Crippen molar-refractivity contribution in [2.75, 3.05) is 13.1 Å². The molecule has 32 heavy (non-hydrogen) atoms. The number of nitrogens with one attached hydrogen (secondary N) is 1. The molecular formula is C20H18F3N3O5S. The maximum atomic E-state index is 13.3. The smallest absolute Gasteiger partial charge is 0.483 e. The highest BCUT2D eigenvalue weighted by atomic mass is 32.2. The standard InChI is InChI=1S/C19H16F3N3O3S.CH2O2/c20-19(21,22)28-16-5-1-2-6-17(16)29(26,27)25-12-14(13-7-10-23-11-8-13)18-15(25)4-3-9-24-18;2-1-3/h1-7,9,12,23H,8,10-11H2;1H,(H,2,3). The number of hydrogen-bond donors (Lipinski definition) is 2. The first kappa shape index (κ1) is 23.3. The number of carbonyl (C=O) groups is 1. The third kappa shape index (κ3) is 4.92. The Bertz CT molecular complexity index is 1250. The molecule has 0 spiro atoms. The number of carboxylic acid groups (broad SMARTS) is 1. The zero-order valence-electron chi connectivity index (χ0n) is 16.4. The minimum absolute atomic E-state index is 0.250. The molecule has 4 rings (SSSR count).